The van der Waals surface area contributed by atoms with Crippen molar-refractivity contribution in [3.05, 3.63) is 0 Å². The number of rotatable bonds is 6. The van der Waals surface area contributed by atoms with E-state index >= 15 is 0 Å². The molecule has 17 heavy (non-hydrogen) atoms. The van der Waals surface area contributed by atoms with Gasteiger partial charge in [-0.25, -0.2) is 0 Å². The van der Waals surface area contributed by atoms with Crippen LogP contribution in [0.1, 0.15) is 32.6 Å². The molecule has 1 N–H and O–H groups in total. The maximum Gasteiger partial charge on any atom is 0.222 e. The summed E-state index contributed by atoms with van der Waals surface area (Å²) in [6.45, 7) is 4.29. The van der Waals surface area contributed by atoms with E-state index in [4.69, 9.17) is 0 Å². The molecule has 1 aliphatic heterocycles. The fourth-order valence-corrected chi connectivity index (χ4v) is 3.23. The molecule has 0 saturated carbocycles. The van der Waals surface area contributed by atoms with Crippen molar-refractivity contribution in [3.63, 3.8) is 0 Å². The van der Waals surface area contributed by atoms with Crippen LogP contribution in [-0.4, -0.2) is 49.0 Å². The molecule has 0 aromatic rings. The third-order valence-corrected chi connectivity index (χ3v) is 4.35. The molecule has 2 atom stereocenters. The predicted octanol–water partition coefficient (Wildman–Crippen LogP) is 1.98. The van der Waals surface area contributed by atoms with Crippen molar-refractivity contribution in [2.24, 2.45) is 5.92 Å². The molecule has 0 aliphatic carbocycles. The van der Waals surface area contributed by atoms with Crippen LogP contribution in [0.25, 0.3) is 0 Å². The third kappa shape index (κ3) is 4.88. The van der Waals surface area contributed by atoms with E-state index in [2.05, 4.69) is 18.5 Å². The SMILES string of the molecule is CCC(CSC)N(C)C(=O)CC1CCCNC1. The van der Waals surface area contributed by atoms with Gasteiger partial charge in [0.05, 0.1) is 0 Å². The lowest BCUT2D eigenvalue weighted by molar-refractivity contribution is -0.132. The number of hydrogen-bond acceptors (Lipinski definition) is 3. The van der Waals surface area contributed by atoms with E-state index in [1.165, 1.54) is 12.8 Å². The van der Waals surface area contributed by atoms with Crippen LogP contribution in [0.3, 0.4) is 0 Å². The first-order chi connectivity index (χ1) is 8.19. The summed E-state index contributed by atoms with van der Waals surface area (Å²) in [5.41, 5.74) is 0. The summed E-state index contributed by atoms with van der Waals surface area (Å²) in [5.74, 6) is 1.91. The zero-order valence-corrected chi connectivity index (χ0v) is 12.2. The van der Waals surface area contributed by atoms with E-state index in [9.17, 15) is 4.79 Å². The van der Waals surface area contributed by atoms with Crippen LogP contribution in [0.4, 0.5) is 0 Å². The molecule has 0 radical (unpaired) electrons. The highest BCUT2D eigenvalue weighted by atomic mass is 32.2. The Balaban J connectivity index is 2.38. The summed E-state index contributed by atoms with van der Waals surface area (Å²) in [6.07, 6.45) is 6.28. The van der Waals surface area contributed by atoms with Crippen molar-refractivity contribution in [2.45, 2.75) is 38.6 Å². The monoisotopic (exact) mass is 258 g/mol. The molecule has 0 aromatic carbocycles. The lowest BCUT2D eigenvalue weighted by Gasteiger charge is -2.29. The Hall–Kier alpha value is -0.220. The molecule has 100 valence electrons. The van der Waals surface area contributed by atoms with E-state index in [0.717, 1.165) is 25.3 Å². The summed E-state index contributed by atoms with van der Waals surface area (Å²) in [5, 5.41) is 3.37. The van der Waals surface area contributed by atoms with Crippen LogP contribution in [0, 0.1) is 5.92 Å². The fraction of sp³-hybridized carbons (Fsp3) is 0.923. The molecule has 1 fully saturated rings. The van der Waals surface area contributed by atoms with Gasteiger partial charge in [0.25, 0.3) is 0 Å². The number of thioether (sulfide) groups is 1. The standard InChI is InChI=1S/C13H26N2OS/c1-4-12(10-17-3)15(2)13(16)8-11-6-5-7-14-9-11/h11-12,14H,4-10H2,1-3H3. The summed E-state index contributed by atoms with van der Waals surface area (Å²) >= 11 is 1.82. The second-order valence-corrected chi connectivity index (χ2v) is 5.85. The quantitative estimate of drug-likeness (QED) is 0.790. The second-order valence-electron chi connectivity index (χ2n) is 4.94. The number of amides is 1. The van der Waals surface area contributed by atoms with Gasteiger partial charge >= 0.3 is 0 Å². The van der Waals surface area contributed by atoms with Gasteiger partial charge in [-0.1, -0.05) is 6.92 Å². The van der Waals surface area contributed by atoms with Crippen molar-refractivity contribution in [3.8, 4) is 0 Å². The van der Waals surface area contributed by atoms with Gasteiger partial charge in [-0.05, 0) is 44.5 Å². The molecule has 1 amide bonds. The average molecular weight is 258 g/mol. The van der Waals surface area contributed by atoms with E-state index in [0.29, 0.717) is 24.3 Å². The van der Waals surface area contributed by atoms with E-state index < -0.39 is 0 Å². The first-order valence-corrected chi connectivity index (χ1v) is 8.03. The highest BCUT2D eigenvalue weighted by Crippen LogP contribution is 2.17. The number of hydrogen-bond donors (Lipinski definition) is 1. The predicted molar refractivity (Wildman–Crippen MR) is 75.4 cm³/mol. The Bertz CT molecular complexity index is 229. The largest absolute Gasteiger partial charge is 0.342 e. The highest BCUT2D eigenvalue weighted by molar-refractivity contribution is 7.98. The minimum atomic E-state index is 0.319. The molecule has 2 unspecified atom stereocenters. The Labute approximate surface area is 110 Å². The molecular weight excluding hydrogens is 232 g/mol. The molecule has 1 heterocycles. The number of nitrogens with one attached hydrogen (secondary N) is 1. The van der Waals surface area contributed by atoms with Crippen LogP contribution in [0.2, 0.25) is 0 Å². The summed E-state index contributed by atoms with van der Waals surface area (Å²) in [6, 6.07) is 0.397. The molecule has 0 bridgehead atoms. The van der Waals surface area contributed by atoms with Gasteiger partial charge in [0.1, 0.15) is 0 Å². The lowest BCUT2D eigenvalue weighted by Crippen LogP contribution is -2.41. The van der Waals surface area contributed by atoms with Crippen molar-refractivity contribution in [1.29, 1.82) is 0 Å². The Kier molecular flexibility index (Phi) is 6.97. The van der Waals surface area contributed by atoms with Gasteiger partial charge in [-0.15, -0.1) is 0 Å². The molecule has 0 spiro atoms. The average Bonchev–Trinajstić information content (AvgIpc) is 2.36. The minimum Gasteiger partial charge on any atom is -0.342 e. The van der Waals surface area contributed by atoms with Gasteiger partial charge in [0.2, 0.25) is 5.91 Å². The van der Waals surface area contributed by atoms with Gasteiger partial charge in [0.15, 0.2) is 0 Å². The number of carbonyl (C=O) groups is 1. The summed E-state index contributed by atoms with van der Waals surface area (Å²) in [7, 11) is 1.96. The Morgan fingerprint density at radius 3 is 2.88 bits per heavy atom. The number of piperidine rings is 1. The van der Waals surface area contributed by atoms with E-state index in [1.54, 1.807) is 0 Å². The smallest absolute Gasteiger partial charge is 0.222 e. The number of carbonyl (C=O) groups excluding carboxylic acids is 1. The topological polar surface area (TPSA) is 32.3 Å². The van der Waals surface area contributed by atoms with Gasteiger partial charge in [-0.3, -0.25) is 4.79 Å². The van der Waals surface area contributed by atoms with Crippen molar-refractivity contribution in [2.75, 3.05) is 32.1 Å². The van der Waals surface area contributed by atoms with Crippen LogP contribution in [0.5, 0.6) is 0 Å². The summed E-state index contributed by atoms with van der Waals surface area (Å²) in [4.78, 5) is 14.1. The second kappa shape index (κ2) is 7.98. The molecule has 4 heteroatoms. The van der Waals surface area contributed by atoms with Crippen LogP contribution in [0.15, 0.2) is 0 Å². The van der Waals surface area contributed by atoms with Crippen LogP contribution in [-0.2, 0) is 4.79 Å². The Morgan fingerprint density at radius 1 is 1.59 bits per heavy atom. The molecule has 1 saturated heterocycles. The third-order valence-electron chi connectivity index (χ3n) is 3.63. The van der Waals surface area contributed by atoms with Crippen molar-refractivity contribution in [1.82, 2.24) is 10.2 Å². The first kappa shape index (κ1) is 14.8. The van der Waals surface area contributed by atoms with Gasteiger partial charge in [-0.2, -0.15) is 11.8 Å². The first-order valence-electron chi connectivity index (χ1n) is 6.64. The zero-order valence-electron chi connectivity index (χ0n) is 11.4. The highest BCUT2D eigenvalue weighted by Gasteiger charge is 2.22. The minimum absolute atomic E-state index is 0.319. The van der Waals surface area contributed by atoms with Gasteiger partial charge in [0, 0.05) is 25.3 Å². The molecule has 1 aliphatic rings. The van der Waals surface area contributed by atoms with Gasteiger partial charge < -0.3 is 10.2 Å². The lowest BCUT2D eigenvalue weighted by atomic mass is 9.95. The van der Waals surface area contributed by atoms with E-state index in [1.807, 2.05) is 23.7 Å². The maximum absolute atomic E-state index is 12.2. The maximum atomic E-state index is 12.2. The molecular formula is C13H26N2OS. The van der Waals surface area contributed by atoms with E-state index in [-0.39, 0.29) is 0 Å². The fourth-order valence-electron chi connectivity index (χ4n) is 2.39. The summed E-state index contributed by atoms with van der Waals surface area (Å²) < 4.78 is 0. The van der Waals surface area contributed by atoms with Crippen molar-refractivity contribution >= 4 is 17.7 Å². The van der Waals surface area contributed by atoms with Crippen LogP contribution >= 0.6 is 11.8 Å². The normalized spacial score (nSPS) is 22.2. The zero-order chi connectivity index (χ0) is 12.7. The number of nitrogens with zero attached hydrogens (tertiary/aromatic N) is 1. The van der Waals surface area contributed by atoms with Crippen molar-refractivity contribution < 1.29 is 4.79 Å². The van der Waals surface area contributed by atoms with Crippen LogP contribution < -0.4 is 5.32 Å². The molecule has 0 aromatic heterocycles. The molecule has 1 rings (SSSR count). The Morgan fingerprint density at radius 2 is 2.35 bits per heavy atom. The molecule has 3 nitrogen and oxygen atoms in total.